The normalized spacial score (nSPS) is 13.2. The van der Waals surface area contributed by atoms with Gasteiger partial charge in [-0.15, -0.1) is 0 Å². The van der Waals surface area contributed by atoms with Crippen LogP contribution in [0.4, 0.5) is 0 Å². The van der Waals surface area contributed by atoms with E-state index in [0.29, 0.717) is 19.4 Å². The average Bonchev–Trinajstić information content (AvgIpc) is 2.94. The summed E-state index contributed by atoms with van der Waals surface area (Å²) < 4.78 is 23.4. The Morgan fingerprint density at radius 1 is 0.786 bits per heavy atom. The topological polar surface area (TPSA) is 74.2 Å². The summed E-state index contributed by atoms with van der Waals surface area (Å²) in [5.41, 5.74) is 1.17. The van der Waals surface area contributed by atoms with Crippen molar-refractivity contribution in [2.24, 2.45) is 0 Å². The minimum atomic E-state index is -2.05. The maximum Gasteiger partial charge on any atom is 0.330 e. The maximum atomic E-state index is 12.2. The third-order valence-corrected chi connectivity index (χ3v) is 8.06. The molecule has 7 nitrogen and oxygen atoms in total. The molecule has 0 heterocycles. The fourth-order valence-electron chi connectivity index (χ4n) is 4.69. The number of carbonyl (C=O) groups is 1. The molecular weight excluding hydrogens is 549 g/mol. The molecule has 2 atom stereocenters. The van der Waals surface area contributed by atoms with Crippen LogP contribution >= 0.6 is 8.60 Å². The highest BCUT2D eigenvalue weighted by Gasteiger charge is 2.20. The van der Waals surface area contributed by atoms with Crippen LogP contribution in [0.2, 0.25) is 0 Å². The summed E-state index contributed by atoms with van der Waals surface area (Å²) >= 11 is 0. The molecule has 1 aromatic carbocycles. The number of aryl methyl sites for hydroxylation is 1. The highest BCUT2D eigenvalue weighted by molar-refractivity contribution is 7.40. The molecule has 0 aliphatic heterocycles. The number of benzene rings is 1. The van der Waals surface area contributed by atoms with Gasteiger partial charge in [0.2, 0.25) is 0 Å². The second-order valence-electron chi connectivity index (χ2n) is 12.5. The lowest BCUT2D eigenvalue weighted by Gasteiger charge is -2.24. The van der Waals surface area contributed by atoms with Gasteiger partial charge in [0.15, 0.2) is 6.10 Å². The molecule has 0 aliphatic rings. The van der Waals surface area contributed by atoms with Crippen molar-refractivity contribution < 1.29 is 32.7 Å². The standard InChI is InChI=1S/C34H63NO6P/c1-6-8-9-10-11-12-13-14-15-16-17-18-19-20-24-31-25-21-22-26-33(31)38-29-32(41-34(36)23-7-2)30-40-42(37)39-28-27-35(3,4)5/h21-22,25-26,32,37H,6-20,23-24,27-30H2,1-5H3/q+1. The largest absolute Gasteiger partial charge is 0.489 e. The number of ether oxygens (including phenoxy) is 2. The molecule has 0 fully saturated rings. The first-order valence-electron chi connectivity index (χ1n) is 16.7. The van der Waals surface area contributed by atoms with Crippen LogP contribution in [0, 0.1) is 0 Å². The van der Waals surface area contributed by atoms with Gasteiger partial charge >= 0.3 is 14.6 Å². The van der Waals surface area contributed by atoms with E-state index < -0.39 is 14.7 Å². The highest BCUT2D eigenvalue weighted by atomic mass is 31.2. The van der Waals surface area contributed by atoms with Gasteiger partial charge in [0.25, 0.3) is 0 Å². The molecule has 1 N–H and O–H groups in total. The molecule has 0 bridgehead atoms. The molecular formula is C34H63NO6P+. The Bertz CT molecular complexity index is 788. The number of esters is 1. The number of hydrogen-bond acceptors (Lipinski definition) is 6. The third kappa shape index (κ3) is 22.3. The first-order chi connectivity index (χ1) is 20.2. The van der Waals surface area contributed by atoms with Gasteiger partial charge in [-0.3, -0.25) is 4.79 Å². The maximum absolute atomic E-state index is 12.2. The van der Waals surface area contributed by atoms with Crippen LogP contribution in [0.3, 0.4) is 0 Å². The van der Waals surface area contributed by atoms with Gasteiger partial charge in [0.05, 0.1) is 27.7 Å². The molecule has 2 unspecified atom stereocenters. The molecule has 0 spiro atoms. The zero-order valence-corrected chi connectivity index (χ0v) is 28.5. The summed E-state index contributed by atoms with van der Waals surface area (Å²) in [5, 5.41) is 0. The molecule has 0 amide bonds. The lowest BCUT2D eigenvalue weighted by atomic mass is 10.0. The van der Waals surface area contributed by atoms with E-state index in [9.17, 15) is 9.69 Å². The van der Waals surface area contributed by atoms with Crippen LogP contribution in [0.1, 0.15) is 122 Å². The van der Waals surface area contributed by atoms with Crippen LogP contribution < -0.4 is 4.74 Å². The van der Waals surface area contributed by atoms with E-state index in [2.05, 4.69) is 34.1 Å². The number of carbonyl (C=O) groups excluding carboxylic acids is 1. The smallest absolute Gasteiger partial charge is 0.330 e. The van der Waals surface area contributed by atoms with Crippen molar-refractivity contribution in [3.05, 3.63) is 29.8 Å². The Hall–Kier alpha value is -1.24. The first-order valence-corrected chi connectivity index (χ1v) is 17.8. The number of quaternary nitrogens is 1. The van der Waals surface area contributed by atoms with E-state index >= 15 is 0 Å². The molecule has 8 heteroatoms. The van der Waals surface area contributed by atoms with Gasteiger partial charge in [-0.1, -0.05) is 116 Å². The second-order valence-corrected chi connectivity index (χ2v) is 13.5. The Morgan fingerprint density at radius 3 is 1.93 bits per heavy atom. The molecule has 1 rings (SSSR count). The monoisotopic (exact) mass is 612 g/mol. The second kappa shape index (κ2) is 25.1. The van der Waals surface area contributed by atoms with Crippen LogP contribution in [0.15, 0.2) is 24.3 Å². The van der Waals surface area contributed by atoms with Crippen molar-refractivity contribution in [1.82, 2.24) is 0 Å². The number of nitrogens with zero attached hydrogens (tertiary/aromatic N) is 1. The lowest BCUT2D eigenvalue weighted by molar-refractivity contribution is -0.870. The Kier molecular flexibility index (Phi) is 23.2. The molecule has 1 aromatic rings. The van der Waals surface area contributed by atoms with Gasteiger partial charge < -0.3 is 27.9 Å². The summed E-state index contributed by atoms with van der Waals surface area (Å²) in [5.74, 6) is 0.521. The Balaban J connectivity index is 2.35. The van der Waals surface area contributed by atoms with E-state index in [-0.39, 0.29) is 19.2 Å². The van der Waals surface area contributed by atoms with Crippen LogP contribution in [0.25, 0.3) is 0 Å². The van der Waals surface area contributed by atoms with Crippen molar-refractivity contribution >= 4 is 14.6 Å². The summed E-state index contributed by atoms with van der Waals surface area (Å²) in [7, 11) is 4.12. The quantitative estimate of drug-likeness (QED) is 0.0441. The Labute approximate surface area is 259 Å². The van der Waals surface area contributed by atoms with Crippen molar-refractivity contribution in [2.45, 2.75) is 129 Å². The van der Waals surface area contributed by atoms with E-state index in [0.717, 1.165) is 29.6 Å². The summed E-state index contributed by atoms with van der Waals surface area (Å²) in [4.78, 5) is 22.3. The van der Waals surface area contributed by atoms with Crippen molar-refractivity contribution in [3.8, 4) is 5.75 Å². The SMILES string of the molecule is CCCCCCCCCCCCCCCCc1ccccc1OCC(COP(O)OCC[N+](C)(C)C)OC(=O)CCC. The van der Waals surface area contributed by atoms with Crippen molar-refractivity contribution in [2.75, 3.05) is 47.5 Å². The molecule has 0 saturated carbocycles. The van der Waals surface area contributed by atoms with E-state index in [4.69, 9.17) is 18.5 Å². The van der Waals surface area contributed by atoms with Crippen molar-refractivity contribution in [3.63, 3.8) is 0 Å². The third-order valence-electron chi connectivity index (χ3n) is 7.28. The number of rotatable bonds is 28. The van der Waals surface area contributed by atoms with Gasteiger partial charge in [-0.2, -0.15) is 0 Å². The molecule has 0 aromatic heterocycles. The van der Waals surface area contributed by atoms with E-state index in [1.165, 1.54) is 89.0 Å². The minimum absolute atomic E-state index is 0.0170. The molecule has 0 radical (unpaired) electrons. The number of likely N-dealkylation sites (N-methyl/N-ethyl adjacent to an activating group) is 1. The fourth-order valence-corrected chi connectivity index (χ4v) is 5.29. The fraction of sp³-hybridized carbons (Fsp3) is 0.794. The zero-order chi connectivity index (χ0) is 30.9. The van der Waals surface area contributed by atoms with E-state index in [1.54, 1.807) is 0 Å². The predicted octanol–water partition coefficient (Wildman–Crippen LogP) is 8.76. The summed E-state index contributed by atoms with van der Waals surface area (Å²) in [6.45, 7) is 5.52. The van der Waals surface area contributed by atoms with E-state index in [1.807, 2.05) is 25.1 Å². The highest BCUT2D eigenvalue weighted by Crippen LogP contribution is 2.33. The molecule has 244 valence electrons. The van der Waals surface area contributed by atoms with Crippen LogP contribution in [-0.2, 0) is 25.0 Å². The number of para-hydroxylation sites is 1. The summed E-state index contributed by atoms with van der Waals surface area (Å²) in [6, 6.07) is 8.09. The Morgan fingerprint density at radius 2 is 1.36 bits per heavy atom. The van der Waals surface area contributed by atoms with Crippen LogP contribution in [-0.4, -0.2) is 69.0 Å². The van der Waals surface area contributed by atoms with Gasteiger partial charge in [-0.25, -0.2) is 0 Å². The van der Waals surface area contributed by atoms with Gasteiger partial charge in [-0.05, 0) is 30.9 Å². The van der Waals surface area contributed by atoms with Gasteiger partial charge in [0, 0.05) is 6.42 Å². The average molecular weight is 613 g/mol. The number of hydrogen-bond donors (Lipinski definition) is 1. The lowest BCUT2D eigenvalue weighted by Crippen LogP contribution is -2.37. The number of unbranched alkanes of at least 4 members (excludes halogenated alkanes) is 13. The van der Waals surface area contributed by atoms with Crippen molar-refractivity contribution in [1.29, 1.82) is 0 Å². The molecule has 42 heavy (non-hydrogen) atoms. The first kappa shape index (κ1) is 38.8. The predicted molar refractivity (Wildman–Crippen MR) is 175 cm³/mol. The summed E-state index contributed by atoms with van der Waals surface area (Å²) in [6.07, 6.45) is 20.3. The van der Waals surface area contributed by atoms with Crippen LogP contribution in [0.5, 0.6) is 5.75 Å². The molecule has 0 aliphatic carbocycles. The zero-order valence-electron chi connectivity index (χ0n) is 27.6. The minimum Gasteiger partial charge on any atom is -0.489 e. The van der Waals surface area contributed by atoms with Gasteiger partial charge in [0.1, 0.15) is 25.5 Å². The molecule has 0 saturated heterocycles.